The minimum absolute atomic E-state index is 0.0691. The summed E-state index contributed by atoms with van der Waals surface area (Å²) in [4.78, 5) is 8.53. The van der Waals surface area contributed by atoms with Gasteiger partial charge >= 0.3 is 0 Å². The van der Waals surface area contributed by atoms with Gasteiger partial charge in [0.1, 0.15) is 24.4 Å². The Morgan fingerprint density at radius 1 is 1.04 bits per heavy atom. The van der Waals surface area contributed by atoms with Crippen molar-refractivity contribution < 1.29 is 19.3 Å². The van der Waals surface area contributed by atoms with Crippen molar-refractivity contribution >= 4 is 0 Å². The number of rotatable bonds is 7. The van der Waals surface area contributed by atoms with Gasteiger partial charge in [0.05, 0.1) is 19.9 Å². The average molecular weight is 378 g/mol. The average Bonchev–Trinajstić information content (AvgIpc) is 2.72. The van der Waals surface area contributed by atoms with Gasteiger partial charge in [-0.25, -0.2) is 9.97 Å². The number of benzene rings is 2. The lowest BCUT2D eigenvalue weighted by Crippen LogP contribution is -1.98. The summed E-state index contributed by atoms with van der Waals surface area (Å²) in [6, 6.07) is 10.7. The molecule has 0 bridgehead atoms. The summed E-state index contributed by atoms with van der Waals surface area (Å²) in [7, 11) is 3.17. The minimum Gasteiger partial charge on any atom is -0.507 e. The van der Waals surface area contributed by atoms with E-state index >= 15 is 0 Å². The molecule has 28 heavy (non-hydrogen) atoms. The lowest BCUT2D eigenvalue weighted by Gasteiger charge is -2.13. The lowest BCUT2D eigenvalue weighted by molar-refractivity contribution is 0.350. The van der Waals surface area contributed by atoms with Crippen LogP contribution in [0.5, 0.6) is 23.0 Å². The molecular weight excluding hydrogens is 356 g/mol. The largest absolute Gasteiger partial charge is 0.507 e. The Morgan fingerprint density at radius 3 is 2.50 bits per heavy atom. The second-order valence-corrected chi connectivity index (χ2v) is 6.28. The van der Waals surface area contributed by atoms with Gasteiger partial charge in [-0.2, -0.15) is 0 Å². The molecule has 144 valence electrons. The molecular formula is C22H22N2O4. The van der Waals surface area contributed by atoms with Crippen LogP contribution in [0.25, 0.3) is 22.4 Å². The van der Waals surface area contributed by atoms with E-state index in [0.29, 0.717) is 35.1 Å². The lowest BCUT2D eigenvalue weighted by atomic mass is 9.99. The quantitative estimate of drug-likeness (QED) is 0.611. The first-order valence-corrected chi connectivity index (χ1v) is 8.66. The monoisotopic (exact) mass is 378 g/mol. The molecule has 3 aromatic rings. The summed E-state index contributed by atoms with van der Waals surface area (Å²) in [6.07, 6.45) is 3.15. The molecule has 1 aromatic heterocycles. The van der Waals surface area contributed by atoms with Gasteiger partial charge in [0.15, 0.2) is 11.5 Å². The Bertz CT molecular complexity index is 1000. The SMILES string of the molecule is C=C(C)COc1ccc(-c2ncncc2-c2ccc(OC)c(OC)c2)c(O)c1. The van der Waals surface area contributed by atoms with Crippen molar-refractivity contribution in [1.29, 1.82) is 0 Å². The van der Waals surface area contributed by atoms with E-state index in [1.165, 1.54) is 6.33 Å². The van der Waals surface area contributed by atoms with E-state index < -0.39 is 0 Å². The summed E-state index contributed by atoms with van der Waals surface area (Å²) in [5.74, 6) is 1.86. The van der Waals surface area contributed by atoms with Crippen LogP contribution in [0.4, 0.5) is 0 Å². The molecule has 0 fully saturated rings. The molecule has 0 aliphatic rings. The molecule has 0 spiro atoms. The number of aromatic hydroxyl groups is 1. The Balaban J connectivity index is 2.02. The van der Waals surface area contributed by atoms with E-state index in [-0.39, 0.29) is 5.75 Å². The molecule has 1 heterocycles. The highest BCUT2D eigenvalue weighted by molar-refractivity contribution is 5.83. The first-order valence-electron chi connectivity index (χ1n) is 8.66. The molecule has 0 radical (unpaired) electrons. The first-order chi connectivity index (χ1) is 13.5. The van der Waals surface area contributed by atoms with Gasteiger partial charge < -0.3 is 19.3 Å². The number of phenolic OH excluding ortho intramolecular Hbond substituents is 1. The molecule has 0 saturated heterocycles. The van der Waals surface area contributed by atoms with Crippen LogP contribution in [-0.2, 0) is 0 Å². The maximum atomic E-state index is 10.6. The molecule has 1 N–H and O–H groups in total. The summed E-state index contributed by atoms with van der Waals surface area (Å²) < 4.78 is 16.3. The number of aromatic nitrogens is 2. The zero-order valence-corrected chi connectivity index (χ0v) is 16.1. The standard InChI is InChI=1S/C22H22N2O4/c1-14(2)12-28-16-6-7-17(19(25)10-16)22-18(11-23-13-24-22)15-5-8-20(26-3)21(9-15)27-4/h5-11,13,25H,1,12H2,2-4H3. The Labute approximate surface area is 164 Å². The molecule has 3 rings (SSSR count). The van der Waals surface area contributed by atoms with Crippen molar-refractivity contribution in [3.05, 3.63) is 61.1 Å². The van der Waals surface area contributed by atoms with Crippen molar-refractivity contribution in [2.75, 3.05) is 20.8 Å². The maximum Gasteiger partial charge on any atom is 0.161 e. The normalized spacial score (nSPS) is 10.4. The molecule has 2 aromatic carbocycles. The maximum absolute atomic E-state index is 10.6. The fourth-order valence-electron chi connectivity index (χ4n) is 2.77. The van der Waals surface area contributed by atoms with Crippen LogP contribution in [0.3, 0.4) is 0 Å². The molecule has 6 nitrogen and oxygen atoms in total. The Hall–Kier alpha value is -3.54. The van der Waals surface area contributed by atoms with E-state index in [4.69, 9.17) is 14.2 Å². The van der Waals surface area contributed by atoms with Gasteiger partial charge in [0.2, 0.25) is 0 Å². The van der Waals surface area contributed by atoms with Crippen molar-refractivity contribution in [3.63, 3.8) is 0 Å². The number of ether oxygens (including phenoxy) is 3. The summed E-state index contributed by atoms with van der Waals surface area (Å²) in [6.45, 7) is 6.08. The van der Waals surface area contributed by atoms with Gasteiger partial charge in [-0.15, -0.1) is 0 Å². The topological polar surface area (TPSA) is 73.7 Å². The molecule has 0 saturated carbocycles. The second kappa shape index (κ2) is 8.43. The third kappa shape index (κ3) is 4.06. The smallest absolute Gasteiger partial charge is 0.161 e. The third-order valence-electron chi connectivity index (χ3n) is 4.12. The van der Waals surface area contributed by atoms with Gasteiger partial charge in [-0.3, -0.25) is 0 Å². The highest BCUT2D eigenvalue weighted by atomic mass is 16.5. The van der Waals surface area contributed by atoms with E-state index in [0.717, 1.165) is 16.7 Å². The van der Waals surface area contributed by atoms with Crippen LogP contribution in [0.1, 0.15) is 6.92 Å². The Morgan fingerprint density at radius 2 is 1.82 bits per heavy atom. The van der Waals surface area contributed by atoms with Crippen molar-refractivity contribution in [3.8, 4) is 45.4 Å². The molecule has 0 amide bonds. The highest BCUT2D eigenvalue weighted by Gasteiger charge is 2.15. The predicted octanol–water partition coefficient (Wildman–Crippen LogP) is 4.49. The van der Waals surface area contributed by atoms with E-state index in [9.17, 15) is 5.11 Å². The van der Waals surface area contributed by atoms with Crippen LogP contribution in [0, 0.1) is 0 Å². The number of nitrogens with zero attached hydrogens (tertiary/aromatic N) is 2. The summed E-state index contributed by atoms with van der Waals surface area (Å²) in [5.41, 5.74) is 3.68. The van der Waals surface area contributed by atoms with Crippen LogP contribution in [0.2, 0.25) is 0 Å². The molecule has 0 atom stereocenters. The zero-order chi connectivity index (χ0) is 20.1. The number of phenols is 1. The van der Waals surface area contributed by atoms with E-state index in [1.807, 2.05) is 25.1 Å². The van der Waals surface area contributed by atoms with Crippen molar-refractivity contribution in [1.82, 2.24) is 9.97 Å². The van der Waals surface area contributed by atoms with Gasteiger partial charge in [-0.1, -0.05) is 12.6 Å². The number of methoxy groups -OCH3 is 2. The molecule has 0 unspecified atom stereocenters. The van der Waals surface area contributed by atoms with Crippen LogP contribution < -0.4 is 14.2 Å². The highest BCUT2D eigenvalue weighted by Crippen LogP contribution is 2.39. The fourth-order valence-corrected chi connectivity index (χ4v) is 2.77. The molecule has 0 aliphatic heterocycles. The van der Waals surface area contributed by atoms with E-state index in [1.54, 1.807) is 38.6 Å². The zero-order valence-electron chi connectivity index (χ0n) is 16.1. The van der Waals surface area contributed by atoms with E-state index in [2.05, 4.69) is 16.5 Å². The van der Waals surface area contributed by atoms with Crippen molar-refractivity contribution in [2.45, 2.75) is 6.92 Å². The van der Waals surface area contributed by atoms with Gasteiger partial charge in [-0.05, 0) is 42.3 Å². The number of hydrogen-bond donors (Lipinski definition) is 1. The Kier molecular flexibility index (Phi) is 5.79. The van der Waals surface area contributed by atoms with Crippen LogP contribution in [0.15, 0.2) is 61.1 Å². The minimum atomic E-state index is 0.0691. The number of hydrogen-bond acceptors (Lipinski definition) is 6. The van der Waals surface area contributed by atoms with Crippen LogP contribution in [-0.4, -0.2) is 35.9 Å². The van der Waals surface area contributed by atoms with Gasteiger partial charge in [0, 0.05) is 23.4 Å². The second-order valence-electron chi connectivity index (χ2n) is 6.28. The molecule has 0 aliphatic carbocycles. The summed E-state index contributed by atoms with van der Waals surface area (Å²) in [5, 5.41) is 10.6. The molecule has 6 heteroatoms. The van der Waals surface area contributed by atoms with Crippen LogP contribution >= 0.6 is 0 Å². The van der Waals surface area contributed by atoms with Crippen molar-refractivity contribution in [2.24, 2.45) is 0 Å². The third-order valence-corrected chi connectivity index (χ3v) is 4.12. The first kappa shape index (κ1) is 19.2. The predicted molar refractivity (Wildman–Crippen MR) is 108 cm³/mol. The van der Waals surface area contributed by atoms with Gasteiger partial charge in [0.25, 0.3) is 0 Å². The summed E-state index contributed by atoms with van der Waals surface area (Å²) >= 11 is 0. The fraction of sp³-hybridized carbons (Fsp3) is 0.182.